The van der Waals surface area contributed by atoms with Gasteiger partial charge in [-0.1, -0.05) is 35.9 Å². The van der Waals surface area contributed by atoms with Crippen LogP contribution in [0, 0.1) is 17.8 Å². The Morgan fingerprint density at radius 1 is 1.05 bits per heavy atom. The first-order valence-electron chi connectivity index (χ1n) is 13.2. The summed E-state index contributed by atoms with van der Waals surface area (Å²) in [5, 5.41) is 11.9. The van der Waals surface area contributed by atoms with Crippen LogP contribution in [-0.4, -0.2) is 31.3 Å². The Labute approximate surface area is 222 Å². The van der Waals surface area contributed by atoms with Gasteiger partial charge in [-0.05, 0) is 115 Å². The van der Waals surface area contributed by atoms with Crippen molar-refractivity contribution in [1.82, 2.24) is 0 Å². The summed E-state index contributed by atoms with van der Waals surface area (Å²) >= 11 is 6.36. The summed E-state index contributed by atoms with van der Waals surface area (Å²) in [6.07, 6.45) is 7.44. The molecular weight excluding hydrogens is 488 g/mol. The first kappa shape index (κ1) is 24.7. The minimum absolute atomic E-state index is 0.112. The van der Waals surface area contributed by atoms with Crippen LogP contribution >= 0.6 is 11.6 Å². The lowest BCUT2D eigenvalue weighted by atomic mass is 9.48. The maximum absolute atomic E-state index is 11.5. The molecule has 1 N–H and O–H groups in total. The lowest BCUT2D eigenvalue weighted by molar-refractivity contribution is -0.150. The van der Waals surface area contributed by atoms with Gasteiger partial charge in [-0.15, -0.1) is 0 Å². The van der Waals surface area contributed by atoms with Crippen LogP contribution in [-0.2, 0) is 14.9 Å². The first-order valence-corrected chi connectivity index (χ1v) is 13.6. The molecular formula is C31H33ClO5. The molecule has 4 saturated carbocycles. The number of hydrogen-bond acceptors (Lipinski definition) is 4. The van der Waals surface area contributed by atoms with Gasteiger partial charge in [0.25, 0.3) is 0 Å². The molecule has 0 amide bonds. The van der Waals surface area contributed by atoms with Gasteiger partial charge in [-0.25, -0.2) is 4.79 Å². The van der Waals surface area contributed by atoms with Crippen molar-refractivity contribution < 1.29 is 24.1 Å². The Morgan fingerprint density at radius 2 is 1.76 bits per heavy atom. The molecule has 37 heavy (non-hydrogen) atoms. The molecule has 4 aliphatic carbocycles. The van der Waals surface area contributed by atoms with Gasteiger partial charge in [0.05, 0.1) is 10.6 Å². The normalized spacial score (nSPS) is 26.9. The number of benzene rings is 3. The molecule has 6 heteroatoms. The van der Waals surface area contributed by atoms with Crippen molar-refractivity contribution in [3.05, 3.63) is 64.7 Å². The van der Waals surface area contributed by atoms with Gasteiger partial charge in [0.1, 0.15) is 5.75 Å². The molecule has 0 aliphatic heterocycles. The Bertz CT molecular complexity index is 1310. The minimum Gasteiger partial charge on any atom is -0.478 e. The standard InChI is InChI=1S/C31H33ClO5/c1-18(35-2)36-17-37-29-12-22-4-3-5-24(23-6-7-25(30(33)34)28(32)11-23)26(22)13-27(29)31-14-19-8-20(15-31)10-21(9-19)16-31/h3-7,11-13,18-21H,8-10,14-17H2,1-2H3,(H,33,34). The molecule has 3 aromatic carbocycles. The zero-order valence-electron chi connectivity index (χ0n) is 21.3. The van der Waals surface area contributed by atoms with E-state index >= 15 is 0 Å². The third-order valence-electron chi connectivity index (χ3n) is 8.95. The molecule has 4 fully saturated rings. The summed E-state index contributed by atoms with van der Waals surface area (Å²) in [6.45, 7) is 1.99. The Morgan fingerprint density at radius 3 is 2.38 bits per heavy atom. The molecule has 0 saturated heterocycles. The predicted molar refractivity (Wildman–Crippen MR) is 144 cm³/mol. The highest BCUT2D eigenvalue weighted by molar-refractivity contribution is 6.33. The van der Waals surface area contributed by atoms with E-state index in [4.69, 9.17) is 25.8 Å². The van der Waals surface area contributed by atoms with E-state index in [0.717, 1.165) is 45.4 Å². The molecule has 0 aromatic heterocycles. The molecule has 0 spiro atoms. The van der Waals surface area contributed by atoms with Crippen LogP contribution in [0.5, 0.6) is 5.75 Å². The Balaban J connectivity index is 1.47. The van der Waals surface area contributed by atoms with Crippen LogP contribution in [0.3, 0.4) is 0 Å². The van der Waals surface area contributed by atoms with Crippen LogP contribution < -0.4 is 4.74 Å². The van der Waals surface area contributed by atoms with E-state index in [0.29, 0.717) is 0 Å². The third-order valence-corrected chi connectivity index (χ3v) is 9.26. The summed E-state index contributed by atoms with van der Waals surface area (Å²) in [4.78, 5) is 11.5. The van der Waals surface area contributed by atoms with Crippen LogP contribution in [0.1, 0.15) is 61.4 Å². The number of carboxylic acid groups (broad SMARTS) is 1. The topological polar surface area (TPSA) is 65.0 Å². The quantitative estimate of drug-likeness (QED) is 0.309. The second-order valence-electron chi connectivity index (χ2n) is 11.3. The lowest BCUT2D eigenvalue weighted by Crippen LogP contribution is -2.48. The number of carbonyl (C=O) groups is 1. The van der Waals surface area contributed by atoms with Gasteiger partial charge in [0.15, 0.2) is 13.1 Å². The Kier molecular flexibility index (Phi) is 6.42. The van der Waals surface area contributed by atoms with E-state index in [1.54, 1.807) is 19.2 Å². The smallest absolute Gasteiger partial charge is 0.337 e. The lowest BCUT2D eigenvalue weighted by Gasteiger charge is -2.57. The fourth-order valence-corrected chi connectivity index (χ4v) is 7.91. The van der Waals surface area contributed by atoms with Crippen molar-refractivity contribution in [3.63, 3.8) is 0 Å². The largest absolute Gasteiger partial charge is 0.478 e. The molecule has 4 aliphatic rings. The van der Waals surface area contributed by atoms with E-state index in [-0.39, 0.29) is 29.1 Å². The second kappa shape index (κ2) is 9.61. The highest BCUT2D eigenvalue weighted by Crippen LogP contribution is 2.62. The fourth-order valence-electron chi connectivity index (χ4n) is 7.65. The average molecular weight is 521 g/mol. The first-order chi connectivity index (χ1) is 17.8. The van der Waals surface area contributed by atoms with Crippen molar-refractivity contribution in [2.75, 3.05) is 13.9 Å². The van der Waals surface area contributed by atoms with Crippen LogP contribution in [0.4, 0.5) is 0 Å². The summed E-state index contributed by atoms with van der Waals surface area (Å²) in [6, 6.07) is 15.9. The van der Waals surface area contributed by atoms with E-state index in [9.17, 15) is 9.90 Å². The van der Waals surface area contributed by atoms with Gasteiger partial charge in [-0.2, -0.15) is 0 Å². The maximum Gasteiger partial charge on any atom is 0.337 e. The van der Waals surface area contributed by atoms with E-state index < -0.39 is 5.97 Å². The fraction of sp³-hybridized carbons (Fsp3) is 0.452. The molecule has 0 heterocycles. The highest BCUT2D eigenvalue weighted by atomic mass is 35.5. The summed E-state index contributed by atoms with van der Waals surface area (Å²) < 4.78 is 17.3. The maximum atomic E-state index is 11.5. The second-order valence-corrected chi connectivity index (χ2v) is 11.7. The zero-order valence-corrected chi connectivity index (χ0v) is 22.1. The Hall–Kier alpha value is -2.60. The third kappa shape index (κ3) is 4.52. The highest BCUT2D eigenvalue weighted by Gasteiger charge is 2.52. The molecule has 3 aromatic rings. The molecule has 7 rings (SSSR count). The number of halogens is 1. The number of aromatic carboxylic acids is 1. The summed E-state index contributed by atoms with van der Waals surface area (Å²) in [5.74, 6) is 2.28. The van der Waals surface area contributed by atoms with Crippen molar-refractivity contribution in [2.24, 2.45) is 17.8 Å². The van der Waals surface area contributed by atoms with Gasteiger partial charge < -0.3 is 19.3 Å². The van der Waals surface area contributed by atoms with Crippen molar-refractivity contribution in [2.45, 2.75) is 57.2 Å². The number of fused-ring (bicyclic) bond motifs is 1. The van der Waals surface area contributed by atoms with Gasteiger partial charge >= 0.3 is 5.97 Å². The van der Waals surface area contributed by atoms with Crippen LogP contribution in [0.2, 0.25) is 5.02 Å². The van der Waals surface area contributed by atoms with Gasteiger partial charge in [0, 0.05) is 12.7 Å². The summed E-state index contributed by atoms with van der Waals surface area (Å²) in [5.41, 5.74) is 3.47. The number of carboxylic acids is 1. The monoisotopic (exact) mass is 520 g/mol. The van der Waals surface area contributed by atoms with Crippen LogP contribution in [0.25, 0.3) is 21.9 Å². The molecule has 0 radical (unpaired) electrons. The number of ether oxygens (including phenoxy) is 3. The number of methoxy groups -OCH3 is 1. The molecule has 5 nitrogen and oxygen atoms in total. The summed E-state index contributed by atoms with van der Waals surface area (Å²) in [7, 11) is 1.62. The van der Waals surface area contributed by atoms with Gasteiger partial charge in [-0.3, -0.25) is 0 Å². The van der Waals surface area contributed by atoms with E-state index in [2.05, 4.69) is 24.3 Å². The zero-order chi connectivity index (χ0) is 25.7. The predicted octanol–water partition coefficient (Wildman–Crippen LogP) is 7.67. The SMILES string of the molecule is COC(C)OCOc1cc2cccc(-c3ccc(C(=O)O)c(Cl)c3)c2cc1C12CC3CC(CC(C3)C1)C2. The average Bonchev–Trinajstić information content (AvgIpc) is 2.86. The molecule has 194 valence electrons. The van der Waals surface area contributed by atoms with Crippen molar-refractivity contribution in [1.29, 1.82) is 0 Å². The molecule has 1 unspecified atom stereocenters. The molecule has 1 atom stereocenters. The number of hydrogen-bond donors (Lipinski definition) is 1. The van der Waals surface area contributed by atoms with Crippen molar-refractivity contribution in [3.8, 4) is 16.9 Å². The van der Waals surface area contributed by atoms with Gasteiger partial charge in [0.2, 0.25) is 0 Å². The van der Waals surface area contributed by atoms with Crippen molar-refractivity contribution >= 4 is 28.3 Å². The van der Waals surface area contributed by atoms with E-state index in [1.165, 1.54) is 44.1 Å². The number of rotatable bonds is 8. The van der Waals surface area contributed by atoms with Crippen LogP contribution in [0.15, 0.2) is 48.5 Å². The molecule has 4 bridgehead atoms. The minimum atomic E-state index is -1.02. The van der Waals surface area contributed by atoms with E-state index in [1.807, 2.05) is 19.1 Å².